The molecule has 29 heavy (non-hydrogen) atoms. The maximum absolute atomic E-state index is 12.5. The highest BCUT2D eigenvalue weighted by Crippen LogP contribution is 2.26. The first-order valence-corrected chi connectivity index (χ1v) is 9.42. The van der Waals surface area contributed by atoms with Crippen LogP contribution in [-0.2, 0) is 4.79 Å². The lowest BCUT2D eigenvalue weighted by molar-refractivity contribution is -0.122. The molecule has 3 aromatic rings. The number of nitrogens with zero attached hydrogens (tertiary/aromatic N) is 1. The van der Waals surface area contributed by atoms with Crippen LogP contribution in [0.4, 0.5) is 11.4 Å². The van der Waals surface area contributed by atoms with Crippen molar-refractivity contribution in [3.05, 3.63) is 82.6 Å². The van der Waals surface area contributed by atoms with Crippen LogP contribution in [0.1, 0.15) is 17.3 Å². The van der Waals surface area contributed by atoms with E-state index in [1.807, 2.05) is 0 Å². The molecule has 0 saturated heterocycles. The Bertz CT molecular complexity index is 1010. The Hall–Kier alpha value is -3.09. The van der Waals surface area contributed by atoms with E-state index in [0.29, 0.717) is 32.7 Å². The highest BCUT2D eigenvalue weighted by Gasteiger charge is 2.18. The summed E-state index contributed by atoms with van der Waals surface area (Å²) < 4.78 is 5.77. The van der Waals surface area contributed by atoms with E-state index < -0.39 is 12.0 Å². The fourth-order valence-electron chi connectivity index (χ4n) is 2.48. The van der Waals surface area contributed by atoms with Crippen molar-refractivity contribution in [2.24, 2.45) is 0 Å². The van der Waals surface area contributed by atoms with Gasteiger partial charge in [0, 0.05) is 28.1 Å². The SMILES string of the molecule is CC(Oc1ccccc1NC(=O)c1cccnc1)C(=O)Nc1cc(Cl)cc(Cl)c1. The molecule has 0 aliphatic heterocycles. The number of anilines is 2. The highest BCUT2D eigenvalue weighted by molar-refractivity contribution is 6.35. The van der Waals surface area contributed by atoms with Crippen LogP contribution < -0.4 is 15.4 Å². The molecule has 3 rings (SSSR count). The summed E-state index contributed by atoms with van der Waals surface area (Å²) in [5, 5.41) is 6.28. The van der Waals surface area contributed by atoms with Crippen molar-refractivity contribution >= 4 is 46.4 Å². The topological polar surface area (TPSA) is 80.3 Å². The van der Waals surface area contributed by atoms with Gasteiger partial charge in [-0.15, -0.1) is 0 Å². The summed E-state index contributed by atoms with van der Waals surface area (Å²) >= 11 is 11.9. The van der Waals surface area contributed by atoms with Crippen molar-refractivity contribution in [1.82, 2.24) is 4.98 Å². The second-order valence-corrected chi connectivity index (χ2v) is 6.97. The largest absolute Gasteiger partial charge is 0.479 e. The number of rotatable bonds is 6. The van der Waals surface area contributed by atoms with E-state index in [1.54, 1.807) is 67.7 Å². The number of hydrogen-bond donors (Lipinski definition) is 2. The van der Waals surface area contributed by atoms with Gasteiger partial charge in [0.25, 0.3) is 11.8 Å². The zero-order valence-corrected chi connectivity index (χ0v) is 16.9. The predicted octanol–water partition coefficient (Wildman–Crippen LogP) is 5.05. The van der Waals surface area contributed by atoms with Gasteiger partial charge in [-0.1, -0.05) is 35.3 Å². The molecule has 1 aromatic heterocycles. The van der Waals surface area contributed by atoms with Crippen LogP contribution >= 0.6 is 23.2 Å². The van der Waals surface area contributed by atoms with Gasteiger partial charge in [0.15, 0.2) is 6.10 Å². The van der Waals surface area contributed by atoms with Gasteiger partial charge in [-0.3, -0.25) is 14.6 Å². The van der Waals surface area contributed by atoms with Crippen LogP contribution in [-0.4, -0.2) is 22.9 Å². The van der Waals surface area contributed by atoms with Crippen molar-refractivity contribution in [2.45, 2.75) is 13.0 Å². The molecule has 2 N–H and O–H groups in total. The first-order chi connectivity index (χ1) is 13.9. The summed E-state index contributed by atoms with van der Waals surface area (Å²) in [6.45, 7) is 1.60. The summed E-state index contributed by atoms with van der Waals surface area (Å²) in [6.07, 6.45) is 2.20. The molecule has 0 aliphatic carbocycles. The maximum atomic E-state index is 12.5. The Morgan fingerprint density at radius 1 is 1.00 bits per heavy atom. The Labute approximate surface area is 177 Å². The summed E-state index contributed by atoms with van der Waals surface area (Å²) in [6, 6.07) is 14.9. The Kier molecular flexibility index (Phi) is 6.69. The molecule has 8 heteroatoms. The fraction of sp³-hybridized carbons (Fsp3) is 0.0952. The predicted molar refractivity (Wildman–Crippen MR) is 114 cm³/mol. The van der Waals surface area contributed by atoms with Crippen molar-refractivity contribution in [3.63, 3.8) is 0 Å². The average Bonchev–Trinajstić information content (AvgIpc) is 2.69. The molecule has 1 atom stereocenters. The van der Waals surface area contributed by atoms with Crippen LogP contribution in [0.25, 0.3) is 0 Å². The smallest absolute Gasteiger partial charge is 0.265 e. The van der Waals surface area contributed by atoms with Crippen LogP contribution in [0.15, 0.2) is 67.0 Å². The van der Waals surface area contributed by atoms with Gasteiger partial charge in [0.1, 0.15) is 5.75 Å². The molecular formula is C21H17Cl2N3O3. The molecule has 0 radical (unpaired) electrons. The number of pyridine rings is 1. The zero-order valence-electron chi connectivity index (χ0n) is 15.4. The lowest BCUT2D eigenvalue weighted by atomic mass is 10.2. The molecule has 2 aromatic carbocycles. The standard InChI is InChI=1S/C21H17Cl2N3O3/c1-13(20(27)25-17-10-15(22)9-16(23)11-17)29-19-7-3-2-6-18(19)26-21(28)14-5-4-8-24-12-14/h2-13H,1H3,(H,25,27)(H,26,28). The number of carbonyl (C=O) groups excluding carboxylic acids is 2. The Morgan fingerprint density at radius 3 is 2.41 bits per heavy atom. The summed E-state index contributed by atoms with van der Waals surface area (Å²) in [5.41, 5.74) is 1.30. The van der Waals surface area contributed by atoms with Gasteiger partial charge >= 0.3 is 0 Å². The number of para-hydroxylation sites is 2. The average molecular weight is 430 g/mol. The Balaban J connectivity index is 1.69. The van der Waals surface area contributed by atoms with Crippen LogP contribution in [0.5, 0.6) is 5.75 Å². The number of benzene rings is 2. The zero-order chi connectivity index (χ0) is 20.8. The first-order valence-electron chi connectivity index (χ1n) is 8.66. The lowest BCUT2D eigenvalue weighted by Crippen LogP contribution is -2.30. The third kappa shape index (κ3) is 5.70. The van der Waals surface area contributed by atoms with E-state index in [4.69, 9.17) is 27.9 Å². The van der Waals surface area contributed by atoms with E-state index in [0.717, 1.165) is 0 Å². The van der Waals surface area contributed by atoms with Gasteiger partial charge in [0.05, 0.1) is 11.3 Å². The molecule has 148 valence electrons. The van der Waals surface area contributed by atoms with Crippen molar-refractivity contribution in [3.8, 4) is 5.75 Å². The number of nitrogens with one attached hydrogen (secondary N) is 2. The third-order valence-electron chi connectivity index (χ3n) is 3.86. The molecule has 0 aliphatic rings. The molecule has 0 bridgehead atoms. The normalized spacial score (nSPS) is 11.4. The van der Waals surface area contributed by atoms with Crippen LogP contribution in [0.2, 0.25) is 10.0 Å². The second-order valence-electron chi connectivity index (χ2n) is 6.10. The lowest BCUT2D eigenvalue weighted by Gasteiger charge is -2.18. The maximum Gasteiger partial charge on any atom is 0.265 e. The molecule has 0 saturated carbocycles. The minimum atomic E-state index is -0.843. The second kappa shape index (κ2) is 9.41. The van der Waals surface area contributed by atoms with Crippen LogP contribution in [0.3, 0.4) is 0 Å². The first kappa shape index (κ1) is 20.6. The molecule has 2 amide bonds. The van der Waals surface area contributed by atoms with E-state index >= 15 is 0 Å². The highest BCUT2D eigenvalue weighted by atomic mass is 35.5. The van der Waals surface area contributed by atoms with Crippen molar-refractivity contribution in [1.29, 1.82) is 0 Å². The Morgan fingerprint density at radius 2 is 1.72 bits per heavy atom. The fourth-order valence-corrected chi connectivity index (χ4v) is 3.00. The summed E-state index contributed by atoms with van der Waals surface area (Å²) in [5.74, 6) is -0.368. The molecule has 1 heterocycles. The van der Waals surface area contributed by atoms with E-state index in [-0.39, 0.29) is 5.91 Å². The van der Waals surface area contributed by atoms with Crippen molar-refractivity contribution in [2.75, 3.05) is 10.6 Å². The van der Waals surface area contributed by atoms with Gasteiger partial charge in [-0.05, 0) is 49.4 Å². The number of halogens is 2. The molecule has 1 unspecified atom stereocenters. The molecular weight excluding hydrogens is 413 g/mol. The van der Waals surface area contributed by atoms with Gasteiger partial charge in [0.2, 0.25) is 0 Å². The van der Waals surface area contributed by atoms with E-state index in [2.05, 4.69) is 15.6 Å². The molecule has 6 nitrogen and oxygen atoms in total. The van der Waals surface area contributed by atoms with Gasteiger partial charge in [-0.2, -0.15) is 0 Å². The summed E-state index contributed by atoms with van der Waals surface area (Å²) in [7, 11) is 0. The van der Waals surface area contributed by atoms with Gasteiger partial charge in [-0.25, -0.2) is 0 Å². The minimum Gasteiger partial charge on any atom is -0.479 e. The number of aromatic nitrogens is 1. The minimum absolute atomic E-state index is 0.333. The monoisotopic (exact) mass is 429 g/mol. The number of ether oxygens (including phenoxy) is 1. The number of amides is 2. The van der Waals surface area contributed by atoms with Crippen LogP contribution in [0, 0.1) is 0 Å². The van der Waals surface area contributed by atoms with E-state index in [9.17, 15) is 9.59 Å². The number of hydrogen-bond acceptors (Lipinski definition) is 4. The molecule has 0 fully saturated rings. The molecule has 0 spiro atoms. The third-order valence-corrected chi connectivity index (χ3v) is 4.30. The summed E-state index contributed by atoms with van der Waals surface area (Å²) in [4.78, 5) is 28.8. The van der Waals surface area contributed by atoms with Crippen molar-refractivity contribution < 1.29 is 14.3 Å². The quantitative estimate of drug-likeness (QED) is 0.574. The van der Waals surface area contributed by atoms with Gasteiger partial charge < -0.3 is 15.4 Å². The number of carbonyl (C=O) groups is 2. The van der Waals surface area contributed by atoms with E-state index in [1.165, 1.54) is 6.20 Å².